The molecule has 2 rings (SSSR count). The Morgan fingerprint density at radius 1 is 0.800 bits per heavy atom. The summed E-state index contributed by atoms with van der Waals surface area (Å²) >= 11 is 0. The second-order valence-electron chi connectivity index (χ2n) is 11.8. The van der Waals surface area contributed by atoms with Gasteiger partial charge in [0.2, 0.25) is 0 Å². The molecule has 0 heterocycles. The van der Waals surface area contributed by atoms with Gasteiger partial charge in [-0.2, -0.15) is 42.6 Å². The van der Waals surface area contributed by atoms with Crippen LogP contribution in [0, 0.1) is 12.8 Å². The zero-order valence-corrected chi connectivity index (χ0v) is 26.0. The fraction of sp³-hybridized carbons (Fsp3) is 0.680. The van der Waals surface area contributed by atoms with Crippen molar-refractivity contribution in [2.75, 3.05) is 0 Å². The number of hydrogen-bond acceptors (Lipinski definition) is 0. The van der Waals surface area contributed by atoms with E-state index in [1.54, 1.807) is 5.92 Å². The molecule has 30 heavy (non-hydrogen) atoms. The summed E-state index contributed by atoms with van der Waals surface area (Å²) in [5.74, 6) is 1.73. The minimum Gasteiger partial charge on any atom is -0.661 e. The van der Waals surface area contributed by atoms with Crippen molar-refractivity contribution in [1.29, 1.82) is 0 Å². The van der Waals surface area contributed by atoms with E-state index in [-0.39, 0.29) is 37.3 Å². The predicted molar refractivity (Wildman–Crippen MR) is 138 cm³/mol. The van der Waals surface area contributed by atoms with Gasteiger partial charge in [0, 0.05) is 0 Å². The molecule has 1 aliphatic rings. The van der Waals surface area contributed by atoms with Crippen molar-refractivity contribution in [3.8, 4) is 0 Å². The molecule has 0 N–H and O–H groups in total. The molecule has 0 spiro atoms. The van der Waals surface area contributed by atoms with Gasteiger partial charge in [-0.3, -0.25) is 0 Å². The first-order chi connectivity index (χ1) is 12.9. The van der Waals surface area contributed by atoms with Crippen molar-refractivity contribution < 1.29 is 26.2 Å². The second kappa shape index (κ2) is 11.5. The van der Waals surface area contributed by atoms with Crippen molar-refractivity contribution in [3.63, 3.8) is 0 Å². The van der Waals surface area contributed by atoms with Crippen LogP contribution in [-0.2, 0) is 26.2 Å². The first kappa shape index (κ1) is 30.3. The molecule has 1 fully saturated rings. The molecule has 0 aromatic heterocycles. The molecule has 1 aliphatic carbocycles. The van der Waals surface area contributed by atoms with Gasteiger partial charge in [-0.1, -0.05) is 103 Å². The van der Waals surface area contributed by atoms with E-state index in [0.717, 1.165) is 16.6 Å². The van der Waals surface area contributed by atoms with Gasteiger partial charge >= 0.3 is 26.2 Å². The Morgan fingerprint density at radius 2 is 1.13 bits per heavy atom. The number of hydrogen-bond donors (Lipinski definition) is 0. The zero-order valence-electron chi connectivity index (χ0n) is 21.6. The van der Waals surface area contributed by atoms with Crippen LogP contribution < -0.4 is 0 Å². The number of rotatable bonds is 4. The minimum absolute atomic E-state index is 0. The smallest absolute Gasteiger partial charge is 0.661 e. The van der Waals surface area contributed by atoms with Gasteiger partial charge in [-0.25, -0.2) is 0 Å². The molecule has 1 aromatic carbocycles. The molecular formula is C25H46N2Si2Zr. The average Bonchev–Trinajstić information content (AvgIpc) is 2.87. The SMILES string of the molecule is C[C-]1C([Si](C)(C)[N-]C(C)(C)C)CCC1[Si](C)(C)[N-]C(C)(C)C.[CH2-]c1ccccc1.[Zr+4]. The van der Waals surface area contributed by atoms with Crippen molar-refractivity contribution >= 4 is 16.5 Å². The molecule has 0 amide bonds. The van der Waals surface area contributed by atoms with E-state index in [4.69, 9.17) is 9.96 Å². The van der Waals surface area contributed by atoms with Gasteiger partial charge in [-0.15, -0.1) is 23.2 Å². The molecule has 2 nitrogen and oxygen atoms in total. The molecule has 0 saturated heterocycles. The first-order valence-electron chi connectivity index (χ1n) is 11.1. The molecule has 1 saturated carbocycles. The standard InChI is InChI=1S/C18H39N2Si2.C7H7.Zr/c1-14-15(21(8,9)19-17(2,3)4)12-13-16(14)22(10,11)20-18(5,6)7;1-7-5-3-2-4-6-7;/h15-16H,12-13H2,1-11H3;2-6H,1H2;/q-3;-1;+4. The molecule has 0 aliphatic heterocycles. The van der Waals surface area contributed by atoms with Gasteiger partial charge < -0.3 is 15.9 Å². The fourth-order valence-corrected chi connectivity index (χ4v) is 13.5. The normalized spacial score (nSPS) is 20.9. The van der Waals surface area contributed by atoms with Crippen molar-refractivity contribution in [1.82, 2.24) is 0 Å². The Balaban J connectivity index is 0.000000886. The number of nitrogens with zero attached hydrogens (tertiary/aromatic N) is 2. The molecular weight excluding hydrogens is 476 g/mol. The third-order valence-corrected chi connectivity index (χ3v) is 13.0. The molecule has 0 bridgehead atoms. The summed E-state index contributed by atoms with van der Waals surface area (Å²) in [6.07, 6.45) is 2.68. The zero-order chi connectivity index (χ0) is 22.7. The maximum absolute atomic E-state index is 5.27. The van der Waals surface area contributed by atoms with Gasteiger partial charge in [0.15, 0.2) is 0 Å². The Bertz CT molecular complexity index is 582. The van der Waals surface area contributed by atoms with E-state index in [1.165, 1.54) is 12.8 Å². The summed E-state index contributed by atoms with van der Waals surface area (Å²) < 4.78 is 0. The topological polar surface area (TPSA) is 28.2 Å². The maximum atomic E-state index is 5.27. The van der Waals surface area contributed by atoms with Crippen molar-refractivity contribution in [2.24, 2.45) is 0 Å². The summed E-state index contributed by atoms with van der Waals surface area (Å²) in [4.78, 5) is 10.5. The predicted octanol–water partition coefficient (Wildman–Crippen LogP) is 8.74. The summed E-state index contributed by atoms with van der Waals surface area (Å²) in [7, 11) is -3.16. The van der Waals surface area contributed by atoms with Crippen LogP contribution in [0.5, 0.6) is 0 Å². The van der Waals surface area contributed by atoms with E-state index in [9.17, 15) is 0 Å². The van der Waals surface area contributed by atoms with Crippen LogP contribution in [0.3, 0.4) is 0 Å². The van der Waals surface area contributed by atoms with Crippen LogP contribution in [0.2, 0.25) is 37.3 Å². The Kier molecular flexibility index (Phi) is 11.6. The molecule has 0 radical (unpaired) electrons. The van der Waals surface area contributed by atoms with Gasteiger partial charge in [-0.05, 0) is 0 Å². The molecule has 2 unspecified atom stereocenters. The van der Waals surface area contributed by atoms with Crippen LogP contribution in [0.15, 0.2) is 30.3 Å². The molecule has 168 valence electrons. The fourth-order valence-electron chi connectivity index (χ4n) is 5.22. The third kappa shape index (κ3) is 10.3. The van der Waals surface area contributed by atoms with E-state index in [0.29, 0.717) is 0 Å². The summed E-state index contributed by atoms with van der Waals surface area (Å²) in [6.45, 7) is 29.5. The minimum atomic E-state index is -1.58. The van der Waals surface area contributed by atoms with Crippen LogP contribution in [0.4, 0.5) is 0 Å². The Labute approximate surface area is 210 Å². The van der Waals surface area contributed by atoms with Crippen molar-refractivity contribution in [2.45, 2.75) is 110 Å². The largest absolute Gasteiger partial charge is 4.00 e. The average molecular weight is 522 g/mol. The quantitative estimate of drug-likeness (QED) is 0.280. The summed E-state index contributed by atoms with van der Waals surface area (Å²) in [5, 5.41) is 0. The van der Waals surface area contributed by atoms with E-state index in [2.05, 4.69) is 81.6 Å². The molecule has 2 atom stereocenters. The molecule has 5 heteroatoms. The van der Waals surface area contributed by atoms with Crippen molar-refractivity contribution in [3.05, 3.63) is 58.7 Å². The monoisotopic (exact) mass is 520 g/mol. The second-order valence-corrected chi connectivity index (χ2v) is 20.2. The van der Waals surface area contributed by atoms with Crippen LogP contribution in [0.1, 0.15) is 66.9 Å². The van der Waals surface area contributed by atoms with Gasteiger partial charge in [0.05, 0.1) is 0 Å². The van der Waals surface area contributed by atoms with Crippen LogP contribution in [0.25, 0.3) is 9.96 Å². The molecule has 1 aromatic rings. The maximum Gasteiger partial charge on any atom is 4.00 e. The Hall–Kier alpha value is 0.327. The third-order valence-electron chi connectivity index (χ3n) is 5.64. The number of benzene rings is 1. The summed E-state index contributed by atoms with van der Waals surface area (Å²) in [5.41, 5.74) is 2.76. The van der Waals surface area contributed by atoms with E-state index < -0.39 is 16.5 Å². The van der Waals surface area contributed by atoms with E-state index >= 15 is 0 Å². The van der Waals surface area contributed by atoms with Crippen LogP contribution in [-0.4, -0.2) is 27.5 Å². The Morgan fingerprint density at radius 3 is 1.37 bits per heavy atom. The van der Waals surface area contributed by atoms with E-state index in [1.807, 2.05) is 30.3 Å². The first-order valence-corrected chi connectivity index (χ1v) is 17.2. The summed E-state index contributed by atoms with van der Waals surface area (Å²) in [6, 6.07) is 9.87. The van der Waals surface area contributed by atoms with Gasteiger partial charge in [0.25, 0.3) is 0 Å². The van der Waals surface area contributed by atoms with Crippen LogP contribution >= 0.6 is 0 Å². The van der Waals surface area contributed by atoms with Gasteiger partial charge in [0.1, 0.15) is 0 Å².